The van der Waals surface area contributed by atoms with Crippen LogP contribution in [0.1, 0.15) is 13.3 Å². The van der Waals surface area contributed by atoms with Gasteiger partial charge in [-0.05, 0) is 29.3 Å². The molecule has 0 bridgehead atoms. The summed E-state index contributed by atoms with van der Waals surface area (Å²) < 4.78 is 12.1. The van der Waals surface area contributed by atoms with Crippen LogP contribution < -0.4 is 5.73 Å². The van der Waals surface area contributed by atoms with E-state index in [0.29, 0.717) is 5.75 Å². The topological polar surface area (TPSA) is 43.1 Å². The summed E-state index contributed by atoms with van der Waals surface area (Å²) in [4.78, 5) is 0.868. The molecule has 2 aromatic carbocycles. The van der Waals surface area contributed by atoms with Gasteiger partial charge in [-0.25, -0.2) is 0 Å². The summed E-state index contributed by atoms with van der Waals surface area (Å²) in [7, 11) is -0.994. The Morgan fingerprint density at radius 3 is 2.59 bits per heavy atom. The Morgan fingerprint density at radius 1 is 1.18 bits per heavy atom. The van der Waals surface area contributed by atoms with Crippen LogP contribution in [-0.2, 0) is 10.8 Å². The van der Waals surface area contributed by atoms with Crippen molar-refractivity contribution in [2.75, 3.05) is 5.75 Å². The van der Waals surface area contributed by atoms with Gasteiger partial charge in [0.1, 0.15) is 0 Å². The molecule has 0 amide bonds. The van der Waals surface area contributed by atoms with Crippen molar-refractivity contribution in [1.82, 2.24) is 0 Å². The van der Waals surface area contributed by atoms with Gasteiger partial charge < -0.3 is 5.73 Å². The van der Waals surface area contributed by atoms with Gasteiger partial charge in [0.15, 0.2) is 0 Å². The van der Waals surface area contributed by atoms with Crippen molar-refractivity contribution in [3.8, 4) is 0 Å². The van der Waals surface area contributed by atoms with Crippen LogP contribution in [0.4, 0.5) is 0 Å². The summed E-state index contributed by atoms with van der Waals surface area (Å²) in [6.07, 6.45) is 0.860. The summed E-state index contributed by atoms with van der Waals surface area (Å²) in [5, 5.41) is 2.30. The van der Waals surface area contributed by atoms with Crippen LogP contribution in [0.2, 0.25) is 0 Å². The molecule has 2 N–H and O–H groups in total. The maximum atomic E-state index is 12.1. The Balaban J connectivity index is 2.27. The van der Waals surface area contributed by atoms with Gasteiger partial charge in [-0.15, -0.1) is 0 Å². The zero-order chi connectivity index (χ0) is 12.3. The lowest BCUT2D eigenvalue weighted by atomic mass is 10.1. The first-order chi connectivity index (χ1) is 8.20. The number of fused-ring (bicyclic) bond motifs is 1. The van der Waals surface area contributed by atoms with Crippen molar-refractivity contribution in [2.45, 2.75) is 24.3 Å². The third kappa shape index (κ3) is 2.93. The summed E-state index contributed by atoms with van der Waals surface area (Å²) in [5.74, 6) is 0.537. The molecule has 0 saturated carbocycles. The fraction of sp³-hybridized carbons (Fsp3) is 0.286. The molecule has 3 heteroatoms. The highest BCUT2D eigenvalue weighted by Gasteiger charge is 2.08. The molecule has 2 rings (SSSR count). The highest BCUT2D eigenvalue weighted by molar-refractivity contribution is 7.85. The highest BCUT2D eigenvalue weighted by atomic mass is 32.2. The Kier molecular flexibility index (Phi) is 3.92. The smallest absolute Gasteiger partial charge is 0.0545 e. The van der Waals surface area contributed by atoms with Crippen LogP contribution in [0.3, 0.4) is 0 Å². The van der Waals surface area contributed by atoms with Crippen LogP contribution in [0, 0.1) is 0 Å². The van der Waals surface area contributed by atoms with E-state index in [4.69, 9.17) is 5.73 Å². The second-order valence-corrected chi connectivity index (χ2v) is 5.69. The van der Waals surface area contributed by atoms with E-state index in [9.17, 15) is 4.21 Å². The molecule has 0 spiro atoms. The number of benzene rings is 2. The molecule has 2 nitrogen and oxygen atoms in total. The van der Waals surface area contributed by atoms with Gasteiger partial charge in [-0.3, -0.25) is 4.21 Å². The first kappa shape index (κ1) is 12.3. The van der Waals surface area contributed by atoms with E-state index in [0.717, 1.165) is 16.7 Å². The number of hydrogen-bond acceptors (Lipinski definition) is 2. The molecule has 0 saturated heterocycles. The van der Waals surface area contributed by atoms with E-state index in [1.165, 1.54) is 5.39 Å². The number of hydrogen-bond donors (Lipinski definition) is 1. The van der Waals surface area contributed by atoms with Crippen molar-refractivity contribution in [1.29, 1.82) is 0 Å². The van der Waals surface area contributed by atoms with E-state index in [-0.39, 0.29) is 6.04 Å². The fourth-order valence-corrected chi connectivity index (χ4v) is 3.01. The van der Waals surface area contributed by atoms with Gasteiger partial charge in [-0.1, -0.05) is 37.3 Å². The van der Waals surface area contributed by atoms with Crippen LogP contribution in [0.5, 0.6) is 0 Å². The van der Waals surface area contributed by atoms with Gasteiger partial charge >= 0.3 is 0 Å². The molecule has 0 radical (unpaired) electrons. The Labute approximate surface area is 104 Å². The lowest BCUT2D eigenvalue weighted by molar-refractivity contribution is 0.663. The molecule has 90 valence electrons. The maximum Gasteiger partial charge on any atom is 0.0545 e. The molecular formula is C14H17NOS. The minimum atomic E-state index is -0.994. The quantitative estimate of drug-likeness (QED) is 0.902. The van der Waals surface area contributed by atoms with Crippen LogP contribution in [0.15, 0.2) is 47.4 Å². The van der Waals surface area contributed by atoms with Crippen molar-refractivity contribution in [2.24, 2.45) is 5.73 Å². The second kappa shape index (κ2) is 5.43. The van der Waals surface area contributed by atoms with Gasteiger partial charge in [-0.2, -0.15) is 0 Å². The molecular weight excluding hydrogens is 230 g/mol. The molecule has 2 aromatic rings. The lowest BCUT2D eigenvalue weighted by Crippen LogP contribution is -2.25. The molecule has 2 unspecified atom stereocenters. The SMILES string of the molecule is CCC(N)CS(=O)c1ccc2ccccc2c1. The summed E-state index contributed by atoms with van der Waals surface area (Å²) >= 11 is 0. The molecule has 0 aliphatic heterocycles. The molecule has 0 fully saturated rings. The maximum absolute atomic E-state index is 12.1. The van der Waals surface area contributed by atoms with E-state index in [2.05, 4.69) is 6.07 Å². The predicted molar refractivity (Wildman–Crippen MR) is 73.5 cm³/mol. The van der Waals surface area contributed by atoms with Crippen molar-refractivity contribution >= 4 is 21.6 Å². The Bertz CT molecular complexity index is 538. The first-order valence-electron chi connectivity index (χ1n) is 5.83. The Morgan fingerprint density at radius 2 is 1.88 bits per heavy atom. The molecule has 0 aliphatic rings. The zero-order valence-electron chi connectivity index (χ0n) is 9.93. The molecule has 0 aromatic heterocycles. The minimum absolute atomic E-state index is 0.0160. The number of rotatable bonds is 4. The lowest BCUT2D eigenvalue weighted by Gasteiger charge is -2.09. The van der Waals surface area contributed by atoms with E-state index in [1.54, 1.807) is 0 Å². The monoisotopic (exact) mass is 247 g/mol. The van der Waals surface area contributed by atoms with Crippen LogP contribution in [0.25, 0.3) is 10.8 Å². The predicted octanol–water partition coefficient (Wildman–Crippen LogP) is 2.68. The van der Waals surface area contributed by atoms with Crippen molar-refractivity contribution in [3.63, 3.8) is 0 Å². The van der Waals surface area contributed by atoms with Crippen LogP contribution >= 0.6 is 0 Å². The van der Waals surface area contributed by atoms with Crippen LogP contribution in [-0.4, -0.2) is 16.0 Å². The summed E-state index contributed by atoms with van der Waals surface area (Å²) in [5.41, 5.74) is 5.83. The largest absolute Gasteiger partial charge is 0.327 e. The van der Waals surface area contributed by atoms with Crippen molar-refractivity contribution in [3.05, 3.63) is 42.5 Å². The van der Waals surface area contributed by atoms with E-state index >= 15 is 0 Å². The third-order valence-corrected chi connectivity index (χ3v) is 4.38. The molecule has 0 aliphatic carbocycles. The molecule has 17 heavy (non-hydrogen) atoms. The first-order valence-corrected chi connectivity index (χ1v) is 7.15. The summed E-state index contributed by atoms with van der Waals surface area (Å²) in [6.45, 7) is 2.02. The van der Waals surface area contributed by atoms with E-state index < -0.39 is 10.8 Å². The number of nitrogens with two attached hydrogens (primary N) is 1. The Hall–Kier alpha value is -1.19. The van der Waals surface area contributed by atoms with Gasteiger partial charge in [0.05, 0.1) is 10.8 Å². The highest BCUT2D eigenvalue weighted by Crippen LogP contribution is 2.18. The van der Waals surface area contributed by atoms with Crippen molar-refractivity contribution < 1.29 is 4.21 Å². The van der Waals surface area contributed by atoms with Gasteiger partial charge in [0, 0.05) is 16.7 Å². The van der Waals surface area contributed by atoms with E-state index in [1.807, 2.05) is 43.3 Å². The van der Waals surface area contributed by atoms with Gasteiger partial charge in [0.2, 0.25) is 0 Å². The average molecular weight is 247 g/mol. The molecule has 2 atom stereocenters. The fourth-order valence-electron chi connectivity index (χ4n) is 1.72. The normalized spacial score (nSPS) is 14.7. The zero-order valence-corrected chi connectivity index (χ0v) is 10.7. The summed E-state index contributed by atoms with van der Waals surface area (Å²) in [6, 6.07) is 14.0. The van der Waals surface area contributed by atoms with Gasteiger partial charge in [0.25, 0.3) is 0 Å². The second-order valence-electron chi connectivity index (χ2n) is 4.19. The minimum Gasteiger partial charge on any atom is -0.327 e. The average Bonchev–Trinajstić information content (AvgIpc) is 2.38. The standard InChI is InChI=1S/C14H17NOS/c1-2-13(15)10-17(16)14-8-7-11-5-3-4-6-12(11)9-14/h3-9,13H,2,10,15H2,1H3. The molecule has 0 heterocycles. The third-order valence-electron chi connectivity index (χ3n) is 2.87.